The van der Waals surface area contributed by atoms with Crippen molar-refractivity contribution in [3.8, 4) is 5.75 Å². The van der Waals surface area contributed by atoms with Crippen LogP contribution in [0.25, 0.3) is 0 Å². The molecular weight excluding hydrogens is 323 g/mol. The van der Waals surface area contributed by atoms with Gasteiger partial charge in [-0.25, -0.2) is 4.39 Å². The number of hydrogen-bond acceptors (Lipinski definition) is 3. The number of likely N-dealkylation sites (tertiary alicyclic amines) is 2. The Kier molecular flexibility index (Phi) is 5.89. The SMILES string of the molecule is O=C1CCCCN1CC(=O)N1CCCC(COc2cccc(F)c2)C1. The summed E-state index contributed by atoms with van der Waals surface area (Å²) in [4.78, 5) is 27.9. The molecule has 0 saturated carbocycles. The number of carbonyl (C=O) groups excluding carboxylic acids is 2. The van der Waals surface area contributed by atoms with Crippen molar-refractivity contribution in [1.82, 2.24) is 9.80 Å². The Labute approximate surface area is 147 Å². The Morgan fingerprint density at radius 1 is 1.24 bits per heavy atom. The number of benzene rings is 1. The van der Waals surface area contributed by atoms with E-state index in [1.807, 2.05) is 4.90 Å². The molecule has 1 aromatic carbocycles. The fourth-order valence-electron chi connectivity index (χ4n) is 3.49. The first-order valence-electron chi connectivity index (χ1n) is 9.06. The zero-order valence-electron chi connectivity index (χ0n) is 14.5. The predicted molar refractivity (Wildman–Crippen MR) is 91.6 cm³/mol. The van der Waals surface area contributed by atoms with Crippen LogP contribution in [-0.4, -0.2) is 54.4 Å². The molecule has 5 nitrogen and oxygen atoms in total. The smallest absolute Gasteiger partial charge is 0.242 e. The molecule has 2 fully saturated rings. The lowest BCUT2D eigenvalue weighted by atomic mass is 9.99. The molecule has 1 atom stereocenters. The molecule has 0 aliphatic carbocycles. The van der Waals surface area contributed by atoms with Gasteiger partial charge in [0.25, 0.3) is 0 Å². The van der Waals surface area contributed by atoms with E-state index in [-0.39, 0.29) is 30.1 Å². The van der Waals surface area contributed by atoms with Crippen molar-refractivity contribution in [3.05, 3.63) is 30.1 Å². The first kappa shape index (κ1) is 17.7. The zero-order chi connectivity index (χ0) is 17.6. The highest BCUT2D eigenvalue weighted by Crippen LogP contribution is 2.20. The Bertz CT molecular complexity index is 622. The Morgan fingerprint density at radius 2 is 2.12 bits per heavy atom. The summed E-state index contributed by atoms with van der Waals surface area (Å²) in [7, 11) is 0. The number of carbonyl (C=O) groups is 2. The van der Waals surface area contributed by atoms with E-state index in [0.29, 0.717) is 31.9 Å². The molecule has 0 aromatic heterocycles. The average Bonchev–Trinajstić information content (AvgIpc) is 2.62. The van der Waals surface area contributed by atoms with Gasteiger partial charge in [0.05, 0.1) is 13.2 Å². The second kappa shape index (κ2) is 8.32. The lowest BCUT2D eigenvalue weighted by Crippen LogP contribution is -2.48. The van der Waals surface area contributed by atoms with Crippen molar-refractivity contribution < 1.29 is 18.7 Å². The van der Waals surface area contributed by atoms with E-state index in [1.54, 1.807) is 17.0 Å². The first-order valence-corrected chi connectivity index (χ1v) is 9.06. The monoisotopic (exact) mass is 348 g/mol. The molecule has 2 heterocycles. The molecule has 2 aliphatic heterocycles. The highest BCUT2D eigenvalue weighted by atomic mass is 19.1. The lowest BCUT2D eigenvalue weighted by molar-refractivity contribution is -0.143. The molecule has 0 spiro atoms. The molecule has 6 heteroatoms. The van der Waals surface area contributed by atoms with Crippen LogP contribution in [0.2, 0.25) is 0 Å². The second-order valence-electron chi connectivity index (χ2n) is 6.89. The fourth-order valence-corrected chi connectivity index (χ4v) is 3.49. The summed E-state index contributed by atoms with van der Waals surface area (Å²) in [6.07, 6.45) is 4.37. The van der Waals surface area contributed by atoms with Crippen LogP contribution in [0.15, 0.2) is 24.3 Å². The quantitative estimate of drug-likeness (QED) is 0.821. The Hall–Kier alpha value is -2.11. The fraction of sp³-hybridized carbons (Fsp3) is 0.579. The molecule has 25 heavy (non-hydrogen) atoms. The Morgan fingerprint density at radius 3 is 2.92 bits per heavy atom. The normalized spacial score (nSPS) is 21.3. The number of amides is 2. The van der Waals surface area contributed by atoms with Crippen molar-refractivity contribution in [3.63, 3.8) is 0 Å². The van der Waals surface area contributed by atoms with E-state index in [1.165, 1.54) is 12.1 Å². The van der Waals surface area contributed by atoms with Gasteiger partial charge in [0, 0.05) is 38.0 Å². The summed E-state index contributed by atoms with van der Waals surface area (Å²) in [6.45, 7) is 2.71. The van der Waals surface area contributed by atoms with Crippen molar-refractivity contribution in [2.75, 3.05) is 32.8 Å². The largest absolute Gasteiger partial charge is 0.493 e. The van der Waals surface area contributed by atoms with Gasteiger partial charge in [-0.3, -0.25) is 9.59 Å². The number of piperidine rings is 2. The van der Waals surface area contributed by atoms with E-state index in [2.05, 4.69) is 0 Å². The maximum Gasteiger partial charge on any atom is 0.242 e. The lowest BCUT2D eigenvalue weighted by Gasteiger charge is -2.35. The summed E-state index contributed by atoms with van der Waals surface area (Å²) in [5.74, 6) is 0.540. The second-order valence-corrected chi connectivity index (χ2v) is 6.89. The van der Waals surface area contributed by atoms with Gasteiger partial charge in [-0.2, -0.15) is 0 Å². The van der Waals surface area contributed by atoms with Gasteiger partial charge in [0.1, 0.15) is 11.6 Å². The summed E-state index contributed by atoms with van der Waals surface area (Å²) in [6, 6.07) is 6.11. The van der Waals surface area contributed by atoms with Crippen LogP contribution in [0.3, 0.4) is 0 Å². The van der Waals surface area contributed by atoms with E-state index in [9.17, 15) is 14.0 Å². The number of hydrogen-bond donors (Lipinski definition) is 0. The van der Waals surface area contributed by atoms with Crippen LogP contribution in [0.1, 0.15) is 32.1 Å². The molecule has 136 valence electrons. The van der Waals surface area contributed by atoms with Crippen molar-refractivity contribution in [1.29, 1.82) is 0 Å². The van der Waals surface area contributed by atoms with E-state index < -0.39 is 0 Å². The van der Waals surface area contributed by atoms with Crippen LogP contribution in [0, 0.1) is 11.7 Å². The van der Waals surface area contributed by atoms with E-state index in [4.69, 9.17) is 4.74 Å². The summed E-state index contributed by atoms with van der Waals surface area (Å²) >= 11 is 0. The minimum absolute atomic E-state index is 0.0192. The standard InChI is InChI=1S/C19H25FN2O3/c20-16-6-3-7-17(11-16)25-14-15-5-4-10-21(12-15)19(24)13-22-9-2-1-8-18(22)23/h3,6-7,11,15H,1-2,4-5,8-10,12-14H2. The third-order valence-corrected chi connectivity index (χ3v) is 4.90. The van der Waals surface area contributed by atoms with Gasteiger partial charge in [-0.15, -0.1) is 0 Å². The van der Waals surface area contributed by atoms with Crippen LogP contribution >= 0.6 is 0 Å². The maximum atomic E-state index is 13.2. The third kappa shape index (κ3) is 4.94. The van der Waals surface area contributed by atoms with Crippen LogP contribution in [0.4, 0.5) is 4.39 Å². The summed E-state index contributed by atoms with van der Waals surface area (Å²) in [5.41, 5.74) is 0. The molecule has 2 amide bonds. The first-order chi connectivity index (χ1) is 12.1. The van der Waals surface area contributed by atoms with Gasteiger partial charge in [0.15, 0.2) is 0 Å². The molecule has 1 aromatic rings. The number of halogens is 1. The van der Waals surface area contributed by atoms with Crippen molar-refractivity contribution in [2.24, 2.45) is 5.92 Å². The van der Waals surface area contributed by atoms with Gasteiger partial charge < -0.3 is 14.5 Å². The molecule has 0 N–H and O–H groups in total. The number of ether oxygens (including phenoxy) is 1. The minimum atomic E-state index is -0.316. The highest BCUT2D eigenvalue weighted by Gasteiger charge is 2.27. The van der Waals surface area contributed by atoms with Crippen molar-refractivity contribution in [2.45, 2.75) is 32.1 Å². The van der Waals surface area contributed by atoms with Gasteiger partial charge in [-0.1, -0.05) is 6.07 Å². The molecule has 0 radical (unpaired) electrons. The van der Waals surface area contributed by atoms with E-state index in [0.717, 1.165) is 32.2 Å². The van der Waals surface area contributed by atoms with Crippen LogP contribution in [0.5, 0.6) is 5.75 Å². The van der Waals surface area contributed by atoms with Gasteiger partial charge in [0.2, 0.25) is 11.8 Å². The Balaban J connectivity index is 1.48. The molecular formula is C19H25FN2O3. The predicted octanol–water partition coefficient (Wildman–Crippen LogP) is 2.46. The highest BCUT2D eigenvalue weighted by molar-refractivity contribution is 5.85. The van der Waals surface area contributed by atoms with Crippen LogP contribution in [-0.2, 0) is 9.59 Å². The molecule has 3 rings (SSSR count). The topological polar surface area (TPSA) is 49.9 Å². The average molecular weight is 348 g/mol. The van der Waals surface area contributed by atoms with Gasteiger partial charge >= 0.3 is 0 Å². The molecule has 2 saturated heterocycles. The third-order valence-electron chi connectivity index (χ3n) is 4.90. The number of rotatable bonds is 5. The molecule has 1 unspecified atom stereocenters. The number of nitrogens with zero attached hydrogens (tertiary/aromatic N) is 2. The summed E-state index contributed by atoms with van der Waals surface area (Å²) < 4.78 is 18.9. The van der Waals surface area contributed by atoms with E-state index >= 15 is 0 Å². The summed E-state index contributed by atoms with van der Waals surface area (Å²) in [5, 5.41) is 0. The molecule has 2 aliphatic rings. The maximum absolute atomic E-state index is 13.2. The van der Waals surface area contributed by atoms with Crippen molar-refractivity contribution >= 4 is 11.8 Å². The molecule has 0 bridgehead atoms. The zero-order valence-corrected chi connectivity index (χ0v) is 14.5. The minimum Gasteiger partial charge on any atom is -0.493 e. The van der Waals surface area contributed by atoms with Crippen LogP contribution < -0.4 is 4.74 Å². The van der Waals surface area contributed by atoms with Gasteiger partial charge in [-0.05, 0) is 37.8 Å².